The molecule has 1 aromatic heterocycles. The van der Waals surface area contributed by atoms with Gasteiger partial charge in [0.2, 0.25) is 0 Å². The Balaban J connectivity index is 2.11. The topological polar surface area (TPSA) is 42.4 Å². The number of carbonyl (C=O) groups excluding carboxylic acids is 1. The maximum atomic E-state index is 13.2. The molecule has 4 nitrogen and oxygen atoms in total. The number of pyridine rings is 1. The molecule has 1 heterocycles. The molecule has 186 valence electrons. The summed E-state index contributed by atoms with van der Waals surface area (Å²) in [7, 11) is 1.03. The van der Waals surface area contributed by atoms with Crippen LogP contribution in [0.2, 0.25) is 0 Å². The number of nitrogens with zero attached hydrogens (tertiary/aromatic N) is 2. The van der Waals surface area contributed by atoms with Gasteiger partial charge in [-0.05, 0) is 30.3 Å². The highest BCUT2D eigenvalue weighted by atomic mass is 19.4. The van der Waals surface area contributed by atoms with Crippen molar-refractivity contribution in [2.75, 3.05) is 11.9 Å². The Morgan fingerprint density at radius 1 is 0.829 bits per heavy atom. The molecule has 3 rings (SSSR count). The lowest BCUT2D eigenvalue weighted by molar-refractivity contribution is -0.274. The highest BCUT2D eigenvalue weighted by Crippen LogP contribution is 2.40. The van der Waals surface area contributed by atoms with E-state index < -0.39 is 47.1 Å². The van der Waals surface area contributed by atoms with Crippen molar-refractivity contribution >= 4 is 11.6 Å². The van der Waals surface area contributed by atoms with Crippen LogP contribution in [0.1, 0.15) is 21.5 Å². The van der Waals surface area contributed by atoms with Crippen LogP contribution in [-0.4, -0.2) is 24.3 Å². The molecule has 0 saturated carbocycles. The van der Waals surface area contributed by atoms with Gasteiger partial charge in [-0.15, -0.1) is 13.2 Å². The number of anilines is 1. The monoisotopic (exact) mass is 508 g/mol. The first-order chi connectivity index (χ1) is 16.1. The molecule has 0 atom stereocenters. The molecular weight excluding hydrogens is 495 g/mol. The minimum absolute atomic E-state index is 0.0429. The second-order valence-corrected chi connectivity index (χ2v) is 7.10. The first kappa shape index (κ1) is 25.8. The molecule has 0 N–H and O–H groups in total. The highest BCUT2D eigenvalue weighted by molar-refractivity contribution is 6.08. The number of ether oxygens (including phenoxy) is 1. The maximum absolute atomic E-state index is 13.2. The van der Waals surface area contributed by atoms with Crippen molar-refractivity contribution in [1.82, 2.24) is 4.98 Å². The maximum Gasteiger partial charge on any atom is 0.573 e. The van der Waals surface area contributed by atoms with Crippen LogP contribution in [0.5, 0.6) is 5.75 Å². The van der Waals surface area contributed by atoms with Gasteiger partial charge in [0.1, 0.15) is 5.75 Å². The number of hydrogen-bond donors (Lipinski definition) is 0. The minimum atomic E-state index is -5.18. The summed E-state index contributed by atoms with van der Waals surface area (Å²) < 4.78 is 122. The summed E-state index contributed by atoms with van der Waals surface area (Å²) in [6, 6.07) is 6.44. The Morgan fingerprint density at radius 3 is 1.94 bits per heavy atom. The summed E-state index contributed by atoms with van der Waals surface area (Å²) in [4.78, 5) is 17.4. The third kappa shape index (κ3) is 6.03. The number of rotatable bonds is 4. The van der Waals surface area contributed by atoms with E-state index in [1.807, 2.05) is 0 Å². The molecule has 0 radical (unpaired) electrons. The molecule has 0 unspecified atom stereocenters. The Labute approximate surface area is 191 Å². The van der Waals surface area contributed by atoms with Crippen LogP contribution in [0.25, 0.3) is 11.1 Å². The average Bonchev–Trinajstić information content (AvgIpc) is 2.76. The molecule has 0 aliphatic carbocycles. The molecule has 13 heteroatoms. The fraction of sp³-hybridized carbons (Fsp3) is 0.182. The van der Waals surface area contributed by atoms with Gasteiger partial charge in [-0.1, -0.05) is 18.2 Å². The lowest BCUT2D eigenvalue weighted by Crippen LogP contribution is -2.28. The van der Waals surface area contributed by atoms with Gasteiger partial charge in [0.15, 0.2) is 0 Å². The Morgan fingerprint density at radius 2 is 1.40 bits per heavy atom. The molecule has 1 amide bonds. The number of aromatic nitrogens is 1. The third-order valence-corrected chi connectivity index (χ3v) is 4.70. The van der Waals surface area contributed by atoms with E-state index >= 15 is 0 Å². The average molecular weight is 508 g/mol. The van der Waals surface area contributed by atoms with Gasteiger partial charge in [0, 0.05) is 29.9 Å². The van der Waals surface area contributed by atoms with Gasteiger partial charge in [0.05, 0.1) is 23.0 Å². The molecule has 0 saturated heterocycles. The fourth-order valence-electron chi connectivity index (χ4n) is 3.17. The van der Waals surface area contributed by atoms with Crippen molar-refractivity contribution in [3.8, 4) is 16.9 Å². The van der Waals surface area contributed by atoms with E-state index in [1.54, 1.807) is 0 Å². The number of halogens is 9. The quantitative estimate of drug-likeness (QED) is 0.358. The predicted octanol–water partition coefficient (Wildman–Crippen LogP) is 6.96. The van der Waals surface area contributed by atoms with E-state index in [0.29, 0.717) is 4.90 Å². The molecule has 3 aromatic rings. The van der Waals surface area contributed by atoms with Gasteiger partial charge < -0.3 is 9.64 Å². The van der Waals surface area contributed by atoms with Crippen molar-refractivity contribution in [3.05, 3.63) is 77.6 Å². The van der Waals surface area contributed by atoms with Crippen molar-refractivity contribution in [2.45, 2.75) is 18.7 Å². The molecule has 35 heavy (non-hydrogen) atoms. The smallest absolute Gasteiger partial charge is 0.405 e. The standard InChI is InChI=1S/C22H13F9N2O2/c1-33(19(34)12-8-13(20(23,24)25)10-14(9-12)21(26,27)28)17-11-32-7-6-15(17)16-4-2-3-5-18(16)35-22(29,30)31/h2-11H,1H3. The number of benzene rings is 2. The van der Waals surface area contributed by atoms with Gasteiger partial charge >= 0.3 is 18.7 Å². The van der Waals surface area contributed by atoms with E-state index in [0.717, 1.165) is 19.3 Å². The third-order valence-electron chi connectivity index (χ3n) is 4.70. The van der Waals surface area contributed by atoms with Crippen LogP contribution in [0.3, 0.4) is 0 Å². The van der Waals surface area contributed by atoms with Gasteiger partial charge in [0.25, 0.3) is 5.91 Å². The van der Waals surface area contributed by atoms with Gasteiger partial charge in [-0.25, -0.2) is 0 Å². The number of amides is 1. The first-order valence-electron chi connectivity index (χ1n) is 9.44. The van der Waals surface area contributed by atoms with Gasteiger partial charge in [-0.3, -0.25) is 9.78 Å². The van der Waals surface area contributed by atoms with Crippen LogP contribution >= 0.6 is 0 Å². The first-order valence-corrected chi connectivity index (χ1v) is 9.44. The predicted molar refractivity (Wildman–Crippen MR) is 106 cm³/mol. The second-order valence-electron chi connectivity index (χ2n) is 7.10. The summed E-state index contributed by atoms with van der Waals surface area (Å²) in [5, 5.41) is 0. The summed E-state index contributed by atoms with van der Waals surface area (Å²) in [5.74, 6) is -1.93. The minimum Gasteiger partial charge on any atom is -0.405 e. The summed E-state index contributed by atoms with van der Waals surface area (Å²) in [6.45, 7) is 0. The number of para-hydroxylation sites is 1. The van der Waals surface area contributed by atoms with Crippen molar-refractivity contribution in [3.63, 3.8) is 0 Å². The number of alkyl halides is 9. The highest BCUT2D eigenvalue weighted by Gasteiger charge is 2.38. The molecule has 0 fully saturated rings. The van der Waals surface area contributed by atoms with Crippen molar-refractivity contribution in [1.29, 1.82) is 0 Å². The van der Waals surface area contributed by atoms with E-state index in [9.17, 15) is 44.3 Å². The van der Waals surface area contributed by atoms with E-state index in [4.69, 9.17) is 0 Å². The van der Waals surface area contributed by atoms with Crippen LogP contribution < -0.4 is 9.64 Å². The summed E-state index contributed by atoms with van der Waals surface area (Å²) >= 11 is 0. The summed E-state index contributed by atoms with van der Waals surface area (Å²) in [5.41, 5.74) is -4.72. The lowest BCUT2D eigenvalue weighted by atomic mass is 10.0. The Hall–Kier alpha value is -3.77. The molecular formula is C22H13F9N2O2. The normalized spacial score (nSPS) is 12.4. The Bertz CT molecular complexity index is 1200. The van der Waals surface area contributed by atoms with Crippen LogP contribution in [0, 0.1) is 0 Å². The number of carbonyl (C=O) groups is 1. The largest absolute Gasteiger partial charge is 0.573 e. The van der Waals surface area contributed by atoms with Crippen LogP contribution in [-0.2, 0) is 12.4 Å². The number of hydrogen-bond acceptors (Lipinski definition) is 3. The van der Waals surface area contributed by atoms with Gasteiger partial charge in [-0.2, -0.15) is 26.3 Å². The second kappa shape index (κ2) is 9.12. The zero-order chi connectivity index (χ0) is 26.2. The molecule has 2 aromatic carbocycles. The zero-order valence-electron chi connectivity index (χ0n) is 17.4. The fourth-order valence-corrected chi connectivity index (χ4v) is 3.17. The SMILES string of the molecule is CN(C(=O)c1cc(C(F)(F)F)cc(C(F)(F)F)c1)c1cnccc1-c1ccccc1OC(F)(F)F. The summed E-state index contributed by atoms with van der Waals surface area (Å²) in [6.07, 6.45) is -13.2. The van der Waals surface area contributed by atoms with Crippen molar-refractivity contribution in [2.24, 2.45) is 0 Å². The lowest BCUT2D eigenvalue weighted by Gasteiger charge is -2.23. The Kier molecular flexibility index (Phi) is 6.73. The molecule has 0 bridgehead atoms. The van der Waals surface area contributed by atoms with Crippen LogP contribution in [0.4, 0.5) is 45.2 Å². The van der Waals surface area contributed by atoms with E-state index in [-0.39, 0.29) is 35.0 Å². The molecule has 0 spiro atoms. The van der Waals surface area contributed by atoms with Crippen molar-refractivity contribution < 1.29 is 49.0 Å². The molecule has 0 aliphatic rings. The zero-order valence-corrected chi connectivity index (χ0v) is 17.4. The van der Waals surface area contributed by atoms with E-state index in [1.165, 1.54) is 30.5 Å². The van der Waals surface area contributed by atoms with E-state index in [2.05, 4.69) is 9.72 Å². The van der Waals surface area contributed by atoms with Crippen LogP contribution in [0.15, 0.2) is 60.9 Å². The molecule has 0 aliphatic heterocycles.